The number of nitrogens with zero attached hydrogens (tertiary/aromatic N) is 3. The minimum atomic E-state index is -0.707. The Morgan fingerprint density at radius 3 is 2.88 bits per heavy atom. The Hall–Kier alpha value is -3.26. The molecular weight excluding hydrogens is 414 g/mol. The van der Waals surface area contributed by atoms with Gasteiger partial charge in [-0.05, 0) is 18.1 Å². The number of aromatic nitrogens is 2. The number of rotatable bonds is 7. The average molecular weight is 438 g/mol. The predicted octanol–water partition coefficient (Wildman–Crippen LogP) is 3.23. The number of fused-ring (bicyclic) bond motifs is 1. The van der Waals surface area contributed by atoms with Crippen molar-refractivity contribution in [3.05, 3.63) is 83.4 Å². The SMILES string of the molecule is O=C(CN[C@@H]1C[C@H]1c1cc(F)cc(F)c1OCc1ccccc1)N1CCn2ccnc2C1. The summed E-state index contributed by atoms with van der Waals surface area (Å²) in [4.78, 5) is 18.7. The highest BCUT2D eigenvalue weighted by Crippen LogP contribution is 2.46. The Bertz CT molecular complexity index is 1120. The number of carbonyl (C=O) groups is 1. The quantitative estimate of drug-likeness (QED) is 0.616. The molecule has 1 aromatic heterocycles. The van der Waals surface area contributed by atoms with E-state index in [1.54, 1.807) is 11.1 Å². The highest BCUT2D eigenvalue weighted by Gasteiger charge is 2.41. The molecule has 1 aliphatic heterocycles. The van der Waals surface area contributed by atoms with Crippen LogP contribution in [0.4, 0.5) is 8.78 Å². The maximum Gasteiger partial charge on any atom is 0.237 e. The molecule has 0 bridgehead atoms. The zero-order valence-electron chi connectivity index (χ0n) is 17.5. The molecule has 0 unspecified atom stereocenters. The Morgan fingerprint density at radius 2 is 2.03 bits per heavy atom. The summed E-state index contributed by atoms with van der Waals surface area (Å²) in [5.41, 5.74) is 1.41. The highest BCUT2D eigenvalue weighted by molar-refractivity contribution is 5.78. The maximum atomic E-state index is 14.5. The van der Waals surface area contributed by atoms with Crippen LogP contribution in [0.1, 0.15) is 29.3 Å². The Labute approximate surface area is 184 Å². The van der Waals surface area contributed by atoms with E-state index >= 15 is 0 Å². The summed E-state index contributed by atoms with van der Waals surface area (Å²) < 4.78 is 36.3. The summed E-state index contributed by atoms with van der Waals surface area (Å²) in [7, 11) is 0. The van der Waals surface area contributed by atoms with E-state index in [-0.39, 0.29) is 36.8 Å². The van der Waals surface area contributed by atoms with Crippen LogP contribution >= 0.6 is 0 Å². The molecule has 1 N–H and O–H groups in total. The van der Waals surface area contributed by atoms with E-state index < -0.39 is 11.6 Å². The second-order valence-corrected chi connectivity index (χ2v) is 8.26. The van der Waals surface area contributed by atoms with Crippen molar-refractivity contribution in [3.8, 4) is 5.75 Å². The molecule has 0 saturated heterocycles. The third-order valence-corrected chi connectivity index (χ3v) is 6.07. The second-order valence-electron chi connectivity index (χ2n) is 8.26. The predicted molar refractivity (Wildman–Crippen MR) is 114 cm³/mol. The molecule has 1 saturated carbocycles. The number of imidazole rings is 1. The molecule has 1 aliphatic carbocycles. The van der Waals surface area contributed by atoms with Gasteiger partial charge in [-0.2, -0.15) is 0 Å². The first-order chi connectivity index (χ1) is 15.6. The topological polar surface area (TPSA) is 59.4 Å². The van der Waals surface area contributed by atoms with Gasteiger partial charge in [0.05, 0.1) is 13.1 Å². The lowest BCUT2D eigenvalue weighted by Crippen LogP contribution is -2.43. The van der Waals surface area contributed by atoms with Gasteiger partial charge in [0.1, 0.15) is 18.2 Å². The van der Waals surface area contributed by atoms with E-state index in [1.807, 2.05) is 41.1 Å². The zero-order chi connectivity index (χ0) is 22.1. The van der Waals surface area contributed by atoms with Gasteiger partial charge in [-0.15, -0.1) is 0 Å². The fraction of sp³-hybridized carbons (Fsp3) is 0.333. The first kappa shape index (κ1) is 20.6. The molecule has 1 fully saturated rings. The van der Waals surface area contributed by atoms with Gasteiger partial charge in [-0.1, -0.05) is 30.3 Å². The van der Waals surface area contributed by atoms with Gasteiger partial charge < -0.3 is 19.5 Å². The highest BCUT2D eigenvalue weighted by atomic mass is 19.1. The van der Waals surface area contributed by atoms with E-state index in [0.717, 1.165) is 24.0 Å². The molecule has 5 rings (SSSR count). The standard InChI is InChI=1S/C24H24F2N4O2/c25-17-10-19(24(20(26)11-17)32-15-16-4-2-1-3-5-16)18-12-21(18)28-13-23(31)30-9-8-29-7-6-27-22(29)14-30/h1-7,10-11,18,21,28H,8-9,12-15H2/t18-,21+/m0/s1. The number of amides is 1. The normalized spacial score (nSPS) is 19.5. The summed E-state index contributed by atoms with van der Waals surface area (Å²) in [6.45, 7) is 2.25. The van der Waals surface area contributed by atoms with Crippen LogP contribution in [-0.2, 0) is 24.5 Å². The molecule has 1 amide bonds. The molecular formula is C24H24F2N4O2. The molecule has 3 aromatic rings. The van der Waals surface area contributed by atoms with Crippen molar-refractivity contribution in [3.63, 3.8) is 0 Å². The van der Waals surface area contributed by atoms with Crippen molar-refractivity contribution in [1.82, 2.24) is 19.8 Å². The largest absolute Gasteiger partial charge is 0.486 e. The first-order valence-corrected chi connectivity index (χ1v) is 10.8. The molecule has 2 aliphatic rings. The minimum absolute atomic E-state index is 0.00382. The van der Waals surface area contributed by atoms with Crippen LogP contribution in [0.3, 0.4) is 0 Å². The van der Waals surface area contributed by atoms with Crippen molar-refractivity contribution in [2.24, 2.45) is 0 Å². The monoisotopic (exact) mass is 438 g/mol. The van der Waals surface area contributed by atoms with Gasteiger partial charge in [0.25, 0.3) is 0 Å². The van der Waals surface area contributed by atoms with Crippen LogP contribution in [0.5, 0.6) is 5.75 Å². The lowest BCUT2D eigenvalue weighted by molar-refractivity contribution is -0.131. The fourth-order valence-electron chi connectivity index (χ4n) is 4.22. The maximum absolute atomic E-state index is 14.5. The number of hydrogen-bond donors (Lipinski definition) is 1. The van der Waals surface area contributed by atoms with Crippen molar-refractivity contribution >= 4 is 5.91 Å². The number of carbonyl (C=O) groups excluding carboxylic acids is 1. The van der Waals surface area contributed by atoms with Gasteiger partial charge in [0, 0.05) is 49.1 Å². The van der Waals surface area contributed by atoms with Gasteiger partial charge in [0.2, 0.25) is 5.91 Å². The number of hydrogen-bond acceptors (Lipinski definition) is 4. The number of nitrogens with one attached hydrogen (secondary N) is 1. The molecule has 2 heterocycles. The minimum Gasteiger partial charge on any atom is -0.486 e. The average Bonchev–Trinajstić information content (AvgIpc) is 3.42. The van der Waals surface area contributed by atoms with Crippen LogP contribution in [0.25, 0.3) is 0 Å². The van der Waals surface area contributed by atoms with Crippen molar-refractivity contribution in [1.29, 1.82) is 0 Å². The summed E-state index contributed by atoms with van der Waals surface area (Å²) in [5, 5.41) is 3.24. The summed E-state index contributed by atoms with van der Waals surface area (Å²) in [6, 6.07) is 11.6. The summed E-state index contributed by atoms with van der Waals surface area (Å²) in [5.74, 6) is -0.477. The molecule has 0 radical (unpaired) electrons. The summed E-state index contributed by atoms with van der Waals surface area (Å²) in [6.07, 6.45) is 4.36. The number of halogens is 2. The van der Waals surface area contributed by atoms with Gasteiger partial charge in [-0.25, -0.2) is 13.8 Å². The van der Waals surface area contributed by atoms with E-state index in [4.69, 9.17) is 4.74 Å². The van der Waals surface area contributed by atoms with E-state index in [2.05, 4.69) is 10.3 Å². The van der Waals surface area contributed by atoms with Crippen molar-refractivity contribution in [2.45, 2.75) is 38.1 Å². The van der Waals surface area contributed by atoms with E-state index in [9.17, 15) is 13.6 Å². The van der Waals surface area contributed by atoms with Crippen LogP contribution in [0.2, 0.25) is 0 Å². The van der Waals surface area contributed by atoms with Gasteiger partial charge in [0.15, 0.2) is 11.6 Å². The molecule has 2 atom stereocenters. The van der Waals surface area contributed by atoms with Crippen LogP contribution < -0.4 is 10.1 Å². The van der Waals surface area contributed by atoms with E-state index in [0.29, 0.717) is 25.1 Å². The van der Waals surface area contributed by atoms with Crippen LogP contribution in [0.15, 0.2) is 54.9 Å². The summed E-state index contributed by atoms with van der Waals surface area (Å²) >= 11 is 0. The Morgan fingerprint density at radius 1 is 1.19 bits per heavy atom. The fourth-order valence-corrected chi connectivity index (χ4v) is 4.22. The van der Waals surface area contributed by atoms with Crippen molar-refractivity contribution < 1.29 is 18.3 Å². The molecule has 6 nitrogen and oxygen atoms in total. The van der Waals surface area contributed by atoms with Crippen LogP contribution in [-0.4, -0.2) is 39.5 Å². The zero-order valence-corrected chi connectivity index (χ0v) is 17.5. The first-order valence-electron chi connectivity index (χ1n) is 10.8. The smallest absolute Gasteiger partial charge is 0.237 e. The second kappa shape index (κ2) is 8.70. The molecule has 166 valence electrons. The van der Waals surface area contributed by atoms with Gasteiger partial charge >= 0.3 is 0 Å². The third kappa shape index (κ3) is 4.36. The van der Waals surface area contributed by atoms with Crippen LogP contribution in [0, 0.1) is 11.6 Å². The molecule has 2 aromatic carbocycles. The molecule has 0 spiro atoms. The third-order valence-electron chi connectivity index (χ3n) is 6.07. The molecule has 8 heteroatoms. The molecule has 32 heavy (non-hydrogen) atoms. The lowest BCUT2D eigenvalue weighted by atomic mass is 10.1. The Balaban J connectivity index is 1.20. The lowest BCUT2D eigenvalue weighted by Gasteiger charge is -2.27. The number of ether oxygens (including phenoxy) is 1. The van der Waals surface area contributed by atoms with Gasteiger partial charge in [-0.3, -0.25) is 4.79 Å². The Kier molecular flexibility index (Phi) is 5.61. The number of benzene rings is 2. The van der Waals surface area contributed by atoms with Crippen molar-refractivity contribution in [2.75, 3.05) is 13.1 Å². The van der Waals surface area contributed by atoms with E-state index in [1.165, 1.54) is 6.07 Å².